The van der Waals surface area contributed by atoms with E-state index in [1.165, 1.54) is 18.4 Å². The Morgan fingerprint density at radius 2 is 1.15 bits per heavy atom. The zero-order valence-corrected chi connectivity index (χ0v) is 35.5. The second-order valence-corrected chi connectivity index (χ2v) is 15.2. The molecule has 2 saturated heterocycles. The molecule has 2 aliphatic heterocycles. The second-order valence-electron chi connectivity index (χ2n) is 14.3. The Labute approximate surface area is 368 Å². The molecule has 2 fully saturated rings. The van der Waals surface area contributed by atoms with E-state index < -0.39 is 6.61 Å². The first-order chi connectivity index (χ1) is 27.3. The Morgan fingerprint density at radius 3 is 1.53 bits per heavy atom. The molecule has 1 unspecified atom stereocenters. The average molecular weight is 883 g/mol. The SMILES string of the molecule is C.CCC(C)N1CCC(c2[nH]nc(-c3ccc(Cl)cc3)c2-c2ccncn2)CC1.Cl.Cl.O=C(CO)N1CCC(c2[nH]nc(-c3ccc(Cl)cc3)c2-c2ccncn2)CC1. The number of carbonyl (C=O) groups is 1. The molecule has 8 rings (SSSR count). The molecular weight excluding hydrogens is 830 g/mol. The molecule has 59 heavy (non-hydrogen) atoms. The molecule has 6 heterocycles. The zero-order valence-electron chi connectivity index (χ0n) is 32.4. The Balaban J connectivity index is 0.000000248. The van der Waals surface area contributed by atoms with Crippen molar-refractivity contribution in [3.05, 3.63) is 107 Å². The summed E-state index contributed by atoms with van der Waals surface area (Å²) in [7, 11) is 0. The number of aromatic nitrogens is 8. The summed E-state index contributed by atoms with van der Waals surface area (Å²) in [6.45, 7) is 7.61. The molecule has 4 aromatic heterocycles. The summed E-state index contributed by atoms with van der Waals surface area (Å²) in [6.07, 6.45) is 11.7. The molecule has 314 valence electrons. The third-order valence-electron chi connectivity index (χ3n) is 11.0. The number of hydrogen-bond acceptors (Lipinski definition) is 9. The molecule has 6 aromatic rings. The van der Waals surface area contributed by atoms with Gasteiger partial charge in [0.1, 0.15) is 30.6 Å². The summed E-state index contributed by atoms with van der Waals surface area (Å²) in [5.41, 5.74) is 9.70. The number of rotatable bonds is 9. The molecule has 2 aliphatic rings. The van der Waals surface area contributed by atoms with Gasteiger partial charge in [-0.15, -0.1) is 24.8 Å². The summed E-state index contributed by atoms with van der Waals surface area (Å²) in [5, 5.41) is 26.3. The first-order valence-electron chi connectivity index (χ1n) is 19.2. The minimum absolute atomic E-state index is 0. The van der Waals surface area contributed by atoms with Crippen LogP contribution in [0.4, 0.5) is 0 Å². The van der Waals surface area contributed by atoms with Gasteiger partial charge in [0.25, 0.3) is 0 Å². The number of likely N-dealkylation sites (tertiary alicyclic amines) is 2. The van der Waals surface area contributed by atoms with Crippen molar-refractivity contribution in [2.24, 2.45) is 0 Å². The summed E-state index contributed by atoms with van der Waals surface area (Å²) >= 11 is 12.1. The van der Waals surface area contributed by atoms with Crippen molar-refractivity contribution < 1.29 is 9.90 Å². The number of benzene rings is 2. The largest absolute Gasteiger partial charge is 0.387 e. The molecule has 12 nitrogen and oxygen atoms in total. The van der Waals surface area contributed by atoms with Crippen LogP contribution in [0, 0.1) is 0 Å². The quantitative estimate of drug-likeness (QED) is 0.129. The van der Waals surface area contributed by atoms with Gasteiger partial charge in [-0.1, -0.05) is 61.8 Å². The molecule has 0 aliphatic carbocycles. The predicted octanol–water partition coefficient (Wildman–Crippen LogP) is 9.53. The van der Waals surface area contributed by atoms with Gasteiger partial charge in [0, 0.05) is 87.0 Å². The van der Waals surface area contributed by atoms with Crippen LogP contribution in [0.15, 0.2) is 85.7 Å². The number of aliphatic hydroxyl groups excluding tert-OH is 1. The van der Waals surface area contributed by atoms with Gasteiger partial charge in [-0.05, 0) is 88.5 Å². The number of aliphatic hydroxyl groups is 1. The smallest absolute Gasteiger partial charge is 0.248 e. The van der Waals surface area contributed by atoms with Crippen molar-refractivity contribution in [2.75, 3.05) is 32.8 Å². The Bertz CT molecular complexity index is 2170. The lowest BCUT2D eigenvalue weighted by Crippen LogP contribution is -2.39. The lowest BCUT2D eigenvalue weighted by Gasteiger charge is -2.35. The first-order valence-corrected chi connectivity index (χ1v) is 19.9. The molecule has 2 aromatic carbocycles. The van der Waals surface area contributed by atoms with Gasteiger partial charge in [0.05, 0.1) is 11.4 Å². The molecule has 0 bridgehead atoms. The maximum atomic E-state index is 11.7. The highest BCUT2D eigenvalue weighted by molar-refractivity contribution is 6.31. The van der Waals surface area contributed by atoms with Gasteiger partial charge in [-0.3, -0.25) is 15.0 Å². The predicted molar refractivity (Wildman–Crippen MR) is 240 cm³/mol. The molecule has 0 radical (unpaired) electrons. The maximum Gasteiger partial charge on any atom is 0.248 e. The maximum absolute atomic E-state index is 11.7. The van der Waals surface area contributed by atoms with Crippen LogP contribution in [0.2, 0.25) is 10.0 Å². The van der Waals surface area contributed by atoms with E-state index in [1.54, 1.807) is 23.6 Å². The van der Waals surface area contributed by atoms with Gasteiger partial charge >= 0.3 is 0 Å². The van der Waals surface area contributed by atoms with Crippen LogP contribution in [-0.2, 0) is 4.79 Å². The van der Waals surface area contributed by atoms with Gasteiger partial charge in [0.2, 0.25) is 5.91 Å². The highest BCUT2D eigenvalue weighted by atomic mass is 35.5. The van der Waals surface area contributed by atoms with Crippen molar-refractivity contribution in [1.29, 1.82) is 0 Å². The van der Waals surface area contributed by atoms with Gasteiger partial charge in [-0.2, -0.15) is 10.2 Å². The molecular formula is C43H52Cl4N10O2. The molecule has 0 saturated carbocycles. The van der Waals surface area contributed by atoms with Crippen molar-refractivity contribution in [3.63, 3.8) is 0 Å². The van der Waals surface area contributed by atoms with Gasteiger partial charge in [0.15, 0.2) is 0 Å². The summed E-state index contributed by atoms with van der Waals surface area (Å²) in [6, 6.07) is 19.9. The standard InChI is InChI=1S/C22H26ClN5.C20H20ClN5O2.CH4.2ClH/c1-3-15(2)28-12-9-17(10-13-28)22-20(19-8-11-24-14-25-19)21(26-27-22)16-4-6-18(23)7-5-16;21-15-3-1-13(2-4-15)19-18(16-5-8-22-12-23-16)20(25-24-19)14-6-9-26(10-7-14)17(28)11-27;;;/h4-8,11,14-15,17H,3,9-10,12-13H2,1-2H3,(H,26,27);1-5,8,12,14,27H,6-7,9-11H2,(H,24,25);1H4;2*1H. The van der Waals surface area contributed by atoms with E-state index in [0.29, 0.717) is 30.1 Å². The van der Waals surface area contributed by atoms with Crippen LogP contribution in [0.3, 0.4) is 0 Å². The highest BCUT2D eigenvalue weighted by Gasteiger charge is 2.30. The molecule has 1 atom stereocenters. The minimum atomic E-state index is -0.443. The lowest BCUT2D eigenvalue weighted by atomic mass is 9.88. The van der Waals surface area contributed by atoms with E-state index in [9.17, 15) is 4.79 Å². The number of H-pyrrole nitrogens is 2. The van der Waals surface area contributed by atoms with Crippen molar-refractivity contribution in [3.8, 4) is 45.0 Å². The number of halogens is 4. The van der Waals surface area contributed by atoms with Crippen molar-refractivity contribution in [2.45, 2.75) is 71.3 Å². The topological polar surface area (TPSA) is 153 Å². The van der Waals surface area contributed by atoms with Gasteiger partial charge < -0.3 is 14.9 Å². The minimum Gasteiger partial charge on any atom is -0.387 e. The fourth-order valence-electron chi connectivity index (χ4n) is 7.74. The lowest BCUT2D eigenvalue weighted by molar-refractivity contribution is -0.135. The molecule has 16 heteroatoms. The van der Waals surface area contributed by atoms with Crippen LogP contribution < -0.4 is 0 Å². The monoisotopic (exact) mass is 880 g/mol. The Kier molecular flexibility index (Phi) is 17.8. The molecule has 3 N–H and O–H groups in total. The number of nitrogens with one attached hydrogen (secondary N) is 2. The summed E-state index contributed by atoms with van der Waals surface area (Å²) in [4.78, 5) is 33.1. The summed E-state index contributed by atoms with van der Waals surface area (Å²) < 4.78 is 0. The average Bonchev–Trinajstić information content (AvgIpc) is 3.91. The van der Waals surface area contributed by atoms with E-state index >= 15 is 0 Å². The van der Waals surface area contributed by atoms with Crippen LogP contribution in [0.25, 0.3) is 45.0 Å². The number of aromatic amines is 2. The normalized spacial score (nSPS) is 15.2. The van der Waals surface area contributed by atoms with Crippen molar-refractivity contribution in [1.82, 2.24) is 50.1 Å². The fraction of sp³-hybridized carbons (Fsp3) is 0.372. The van der Waals surface area contributed by atoms with E-state index in [1.807, 2.05) is 60.7 Å². The number of carbonyl (C=O) groups excluding carboxylic acids is 1. The van der Waals surface area contributed by atoms with Crippen LogP contribution in [-0.4, -0.2) is 100.0 Å². The van der Waals surface area contributed by atoms with E-state index in [0.717, 1.165) is 94.5 Å². The third kappa shape index (κ3) is 11.0. The van der Waals surface area contributed by atoms with Crippen molar-refractivity contribution >= 4 is 53.9 Å². The number of piperidine rings is 2. The van der Waals surface area contributed by atoms with Crippen LogP contribution in [0.1, 0.15) is 76.6 Å². The number of hydrogen-bond donors (Lipinski definition) is 3. The Morgan fingerprint density at radius 1 is 0.729 bits per heavy atom. The van der Waals surface area contributed by atoms with Crippen LogP contribution in [0.5, 0.6) is 0 Å². The highest BCUT2D eigenvalue weighted by Crippen LogP contribution is 2.41. The van der Waals surface area contributed by atoms with E-state index in [2.05, 4.69) is 54.0 Å². The number of nitrogens with zero attached hydrogens (tertiary/aromatic N) is 8. The molecule has 0 spiro atoms. The number of amides is 1. The Hall–Kier alpha value is -4.43. The van der Waals surface area contributed by atoms with E-state index in [-0.39, 0.29) is 44.1 Å². The molecule has 1 amide bonds. The van der Waals surface area contributed by atoms with E-state index in [4.69, 9.17) is 33.4 Å². The first kappa shape index (κ1) is 47.3. The summed E-state index contributed by atoms with van der Waals surface area (Å²) in [5.74, 6) is 0.459. The fourth-order valence-corrected chi connectivity index (χ4v) is 7.99. The van der Waals surface area contributed by atoms with Gasteiger partial charge in [-0.25, -0.2) is 19.9 Å². The second kappa shape index (κ2) is 22.3. The van der Waals surface area contributed by atoms with Crippen LogP contribution >= 0.6 is 48.0 Å². The zero-order chi connectivity index (χ0) is 39.0. The third-order valence-corrected chi connectivity index (χ3v) is 11.5.